The molecule has 0 spiro atoms. The molecule has 1 aliphatic rings. The second kappa shape index (κ2) is 4.91. The van der Waals surface area contributed by atoms with Crippen LogP contribution in [0.5, 0.6) is 5.75 Å². The Labute approximate surface area is 112 Å². The van der Waals surface area contributed by atoms with Gasteiger partial charge in [-0.15, -0.1) is 6.42 Å². The van der Waals surface area contributed by atoms with Crippen molar-refractivity contribution >= 4 is 17.5 Å². The number of nitrogens with zero attached hydrogens (tertiary/aromatic N) is 1. The molecule has 0 aliphatic heterocycles. The van der Waals surface area contributed by atoms with E-state index in [0.29, 0.717) is 16.3 Å². The molecule has 1 aromatic rings. The first-order valence-electron chi connectivity index (χ1n) is 5.67. The second-order valence-corrected chi connectivity index (χ2v) is 4.91. The largest absolute Gasteiger partial charge is 0.489 e. The van der Waals surface area contributed by atoms with Crippen molar-refractivity contribution in [3.63, 3.8) is 0 Å². The minimum atomic E-state index is -0.125. The average Bonchev–Trinajstić information content (AvgIpc) is 3.06. The lowest BCUT2D eigenvalue weighted by atomic mass is 10.2. The zero-order valence-electron chi connectivity index (χ0n) is 10.3. The van der Waals surface area contributed by atoms with E-state index < -0.39 is 0 Å². The van der Waals surface area contributed by atoms with Crippen molar-refractivity contribution in [1.82, 2.24) is 4.90 Å². The zero-order valence-corrected chi connectivity index (χ0v) is 11.1. The molecular weight excluding hydrogens is 250 g/mol. The maximum atomic E-state index is 11.8. The molecule has 0 N–H and O–H groups in total. The molecule has 3 nitrogen and oxygen atoms in total. The predicted molar refractivity (Wildman–Crippen MR) is 70.8 cm³/mol. The van der Waals surface area contributed by atoms with Gasteiger partial charge >= 0.3 is 0 Å². The van der Waals surface area contributed by atoms with E-state index in [-0.39, 0.29) is 17.9 Å². The third-order valence-corrected chi connectivity index (χ3v) is 3.12. The summed E-state index contributed by atoms with van der Waals surface area (Å²) in [6.45, 7) is 0. The number of benzene rings is 1. The maximum absolute atomic E-state index is 11.8. The first kappa shape index (κ1) is 12.8. The molecule has 18 heavy (non-hydrogen) atoms. The summed E-state index contributed by atoms with van der Waals surface area (Å²) in [6, 6.07) is 5.08. The van der Waals surface area contributed by atoms with Crippen LogP contribution in [-0.4, -0.2) is 31.0 Å². The first-order valence-corrected chi connectivity index (χ1v) is 6.04. The first-order chi connectivity index (χ1) is 8.52. The Hall–Kier alpha value is -1.66. The molecule has 0 saturated heterocycles. The van der Waals surface area contributed by atoms with Crippen LogP contribution in [0.2, 0.25) is 5.02 Å². The van der Waals surface area contributed by atoms with Crippen LogP contribution in [0.1, 0.15) is 16.8 Å². The number of hydrogen-bond donors (Lipinski definition) is 0. The Kier molecular flexibility index (Phi) is 3.49. The van der Waals surface area contributed by atoms with Gasteiger partial charge in [-0.25, -0.2) is 0 Å². The lowest BCUT2D eigenvalue weighted by Crippen LogP contribution is -2.21. The summed E-state index contributed by atoms with van der Waals surface area (Å²) < 4.78 is 5.65. The number of amides is 1. The number of carbonyl (C=O) groups excluding carboxylic acids is 1. The fraction of sp³-hybridized carbons (Fsp3) is 0.357. The van der Waals surface area contributed by atoms with E-state index in [2.05, 4.69) is 5.92 Å². The normalized spacial score (nSPS) is 21.0. The van der Waals surface area contributed by atoms with E-state index in [9.17, 15) is 4.79 Å². The van der Waals surface area contributed by atoms with Crippen molar-refractivity contribution in [2.75, 3.05) is 14.1 Å². The van der Waals surface area contributed by atoms with Gasteiger partial charge in [0.2, 0.25) is 0 Å². The van der Waals surface area contributed by atoms with Gasteiger partial charge in [-0.3, -0.25) is 4.79 Å². The molecule has 0 bridgehead atoms. The van der Waals surface area contributed by atoms with Gasteiger partial charge in [0.25, 0.3) is 5.91 Å². The van der Waals surface area contributed by atoms with Crippen molar-refractivity contribution in [2.24, 2.45) is 5.92 Å². The maximum Gasteiger partial charge on any atom is 0.254 e. The van der Waals surface area contributed by atoms with Gasteiger partial charge in [-0.1, -0.05) is 17.5 Å². The van der Waals surface area contributed by atoms with Crippen LogP contribution in [0.4, 0.5) is 0 Å². The van der Waals surface area contributed by atoms with E-state index in [1.165, 1.54) is 4.90 Å². The summed E-state index contributed by atoms with van der Waals surface area (Å²) in [5.74, 6) is 3.38. The van der Waals surface area contributed by atoms with Crippen molar-refractivity contribution in [3.8, 4) is 18.1 Å². The molecule has 1 aliphatic carbocycles. The summed E-state index contributed by atoms with van der Waals surface area (Å²) in [5, 5.41) is 0.393. The fourth-order valence-corrected chi connectivity index (χ4v) is 1.89. The fourth-order valence-electron chi connectivity index (χ4n) is 1.64. The Bertz CT molecular complexity index is 519. The topological polar surface area (TPSA) is 29.5 Å². The summed E-state index contributed by atoms with van der Waals surface area (Å²) in [5.41, 5.74) is 0.471. The molecule has 1 aromatic carbocycles. The monoisotopic (exact) mass is 263 g/mol. The third kappa shape index (κ3) is 2.60. The molecule has 0 unspecified atom stereocenters. The van der Waals surface area contributed by atoms with Gasteiger partial charge in [0.15, 0.2) is 0 Å². The lowest BCUT2D eigenvalue weighted by molar-refractivity contribution is 0.0828. The smallest absolute Gasteiger partial charge is 0.254 e. The summed E-state index contributed by atoms with van der Waals surface area (Å²) >= 11 is 6.07. The molecule has 2 atom stereocenters. The van der Waals surface area contributed by atoms with Crippen LogP contribution in [0, 0.1) is 18.3 Å². The quantitative estimate of drug-likeness (QED) is 0.784. The van der Waals surface area contributed by atoms with Crippen LogP contribution in [-0.2, 0) is 0 Å². The highest BCUT2D eigenvalue weighted by Gasteiger charge is 2.38. The molecule has 0 aromatic heterocycles. The number of ether oxygens (including phenoxy) is 1. The van der Waals surface area contributed by atoms with E-state index >= 15 is 0 Å². The molecule has 2 rings (SSSR count). The highest BCUT2D eigenvalue weighted by Crippen LogP contribution is 2.35. The highest BCUT2D eigenvalue weighted by molar-refractivity contribution is 6.34. The Morgan fingerprint density at radius 3 is 2.78 bits per heavy atom. The van der Waals surface area contributed by atoms with Crippen LogP contribution >= 0.6 is 11.6 Å². The van der Waals surface area contributed by atoms with Crippen molar-refractivity contribution in [3.05, 3.63) is 28.8 Å². The molecule has 4 heteroatoms. The summed E-state index contributed by atoms with van der Waals surface area (Å²) in [4.78, 5) is 13.3. The van der Waals surface area contributed by atoms with Crippen molar-refractivity contribution in [1.29, 1.82) is 0 Å². The Morgan fingerprint density at radius 2 is 2.28 bits per heavy atom. The van der Waals surface area contributed by atoms with E-state index in [4.69, 9.17) is 22.8 Å². The van der Waals surface area contributed by atoms with Gasteiger partial charge in [-0.2, -0.15) is 0 Å². The van der Waals surface area contributed by atoms with Crippen molar-refractivity contribution in [2.45, 2.75) is 12.5 Å². The Balaban J connectivity index is 2.11. The molecule has 1 fully saturated rings. The highest BCUT2D eigenvalue weighted by atomic mass is 35.5. The predicted octanol–water partition coefficient (Wildman–Crippen LogP) is 2.44. The number of hydrogen-bond acceptors (Lipinski definition) is 2. The molecule has 1 amide bonds. The van der Waals surface area contributed by atoms with Gasteiger partial charge in [0.1, 0.15) is 11.9 Å². The van der Waals surface area contributed by atoms with E-state index in [1.54, 1.807) is 32.3 Å². The van der Waals surface area contributed by atoms with Gasteiger partial charge in [0.05, 0.1) is 16.5 Å². The molecular formula is C14H14ClNO2. The van der Waals surface area contributed by atoms with E-state index in [1.807, 2.05) is 0 Å². The van der Waals surface area contributed by atoms with Gasteiger partial charge in [0, 0.05) is 20.5 Å². The zero-order chi connectivity index (χ0) is 13.3. The molecule has 1 saturated carbocycles. The minimum absolute atomic E-state index is 0.0847. The number of halogens is 1. The van der Waals surface area contributed by atoms with Crippen LogP contribution in [0.3, 0.4) is 0 Å². The van der Waals surface area contributed by atoms with Crippen molar-refractivity contribution < 1.29 is 9.53 Å². The Morgan fingerprint density at radius 1 is 1.56 bits per heavy atom. The second-order valence-electron chi connectivity index (χ2n) is 4.51. The average molecular weight is 264 g/mol. The number of rotatable bonds is 3. The van der Waals surface area contributed by atoms with Crippen LogP contribution in [0.25, 0.3) is 0 Å². The molecule has 0 heterocycles. The SMILES string of the molecule is C#C[C@@H]1C[C@H]1Oc1ccc(C(=O)N(C)C)c(Cl)c1. The molecule has 0 radical (unpaired) electrons. The van der Waals surface area contributed by atoms with E-state index in [0.717, 1.165) is 6.42 Å². The van der Waals surface area contributed by atoms with Crippen LogP contribution in [0.15, 0.2) is 18.2 Å². The summed E-state index contributed by atoms with van der Waals surface area (Å²) in [7, 11) is 3.37. The lowest BCUT2D eigenvalue weighted by Gasteiger charge is -2.12. The minimum Gasteiger partial charge on any atom is -0.489 e. The summed E-state index contributed by atoms with van der Waals surface area (Å²) in [6.07, 6.45) is 6.26. The standard InChI is InChI=1S/C14H14ClNO2/c1-4-9-7-13(9)18-10-5-6-11(12(15)8-10)14(17)16(2)3/h1,5-6,8-9,13H,7H2,2-3H3/t9-,13-/m1/s1. The van der Waals surface area contributed by atoms with Crippen LogP contribution < -0.4 is 4.74 Å². The van der Waals surface area contributed by atoms with Gasteiger partial charge < -0.3 is 9.64 Å². The third-order valence-electron chi connectivity index (χ3n) is 2.81. The number of terminal acetylenes is 1. The number of carbonyl (C=O) groups is 1. The van der Waals surface area contributed by atoms with Gasteiger partial charge in [-0.05, 0) is 18.2 Å². The molecule has 94 valence electrons.